The number of aryl methyl sites for hydroxylation is 1. The van der Waals surface area contributed by atoms with Crippen molar-refractivity contribution in [3.8, 4) is 5.75 Å². The number of ether oxygens (including phenoxy) is 1. The molecule has 0 aliphatic carbocycles. The quantitative estimate of drug-likeness (QED) is 0.924. The second-order valence-corrected chi connectivity index (χ2v) is 6.29. The molecule has 0 radical (unpaired) electrons. The lowest BCUT2D eigenvalue weighted by Gasteiger charge is -2.15. The predicted octanol–water partition coefficient (Wildman–Crippen LogP) is 3.93. The van der Waals surface area contributed by atoms with Crippen molar-refractivity contribution in [2.24, 2.45) is 5.73 Å². The van der Waals surface area contributed by atoms with Gasteiger partial charge < -0.3 is 10.5 Å². The van der Waals surface area contributed by atoms with E-state index in [2.05, 4.69) is 59.3 Å². The van der Waals surface area contributed by atoms with Crippen LogP contribution >= 0.6 is 15.9 Å². The highest BCUT2D eigenvalue weighted by Gasteiger charge is 2.19. The molecule has 20 heavy (non-hydrogen) atoms. The van der Waals surface area contributed by atoms with Crippen molar-refractivity contribution in [1.82, 2.24) is 0 Å². The lowest BCUT2D eigenvalue weighted by Crippen LogP contribution is -2.13. The Morgan fingerprint density at radius 2 is 2.00 bits per heavy atom. The average molecular weight is 332 g/mol. The van der Waals surface area contributed by atoms with Gasteiger partial charge in [-0.15, -0.1) is 0 Å². The SMILES string of the molecule is Cc1ccc(C(N)Cc2cc(Br)cc3c2OCC3)cc1. The number of hydrogen-bond donors (Lipinski definition) is 1. The van der Waals surface area contributed by atoms with Gasteiger partial charge in [0.25, 0.3) is 0 Å². The van der Waals surface area contributed by atoms with Crippen LogP contribution in [0.5, 0.6) is 5.75 Å². The molecule has 1 aliphatic rings. The van der Waals surface area contributed by atoms with E-state index in [9.17, 15) is 0 Å². The van der Waals surface area contributed by atoms with Gasteiger partial charge in [0.05, 0.1) is 6.61 Å². The first-order valence-corrected chi connectivity index (χ1v) is 7.69. The highest BCUT2D eigenvalue weighted by atomic mass is 79.9. The molecule has 0 aromatic heterocycles. The zero-order valence-electron chi connectivity index (χ0n) is 11.5. The van der Waals surface area contributed by atoms with E-state index >= 15 is 0 Å². The monoisotopic (exact) mass is 331 g/mol. The van der Waals surface area contributed by atoms with Crippen molar-refractivity contribution in [2.45, 2.75) is 25.8 Å². The van der Waals surface area contributed by atoms with Crippen molar-refractivity contribution < 1.29 is 4.74 Å². The van der Waals surface area contributed by atoms with Crippen LogP contribution in [-0.4, -0.2) is 6.61 Å². The maximum absolute atomic E-state index is 6.35. The minimum atomic E-state index is -0.00167. The first-order valence-electron chi connectivity index (χ1n) is 6.90. The van der Waals surface area contributed by atoms with Crippen LogP contribution in [0.25, 0.3) is 0 Å². The predicted molar refractivity (Wildman–Crippen MR) is 85.2 cm³/mol. The summed E-state index contributed by atoms with van der Waals surface area (Å²) in [6.45, 7) is 2.86. The molecule has 2 nitrogen and oxygen atoms in total. The molecule has 3 rings (SSSR count). The molecular formula is C17H18BrNO. The van der Waals surface area contributed by atoms with Gasteiger partial charge in [-0.05, 0) is 42.2 Å². The molecule has 0 fully saturated rings. The van der Waals surface area contributed by atoms with Gasteiger partial charge in [-0.25, -0.2) is 0 Å². The van der Waals surface area contributed by atoms with Crippen molar-refractivity contribution in [1.29, 1.82) is 0 Å². The molecule has 104 valence electrons. The number of nitrogens with two attached hydrogens (primary N) is 1. The van der Waals surface area contributed by atoms with E-state index in [0.29, 0.717) is 0 Å². The number of fused-ring (bicyclic) bond motifs is 1. The number of hydrogen-bond acceptors (Lipinski definition) is 2. The fraction of sp³-hybridized carbons (Fsp3) is 0.294. The fourth-order valence-electron chi connectivity index (χ4n) is 2.67. The summed E-state index contributed by atoms with van der Waals surface area (Å²) in [5, 5.41) is 0. The molecular weight excluding hydrogens is 314 g/mol. The van der Waals surface area contributed by atoms with Crippen LogP contribution in [0.3, 0.4) is 0 Å². The Bertz CT molecular complexity index is 622. The van der Waals surface area contributed by atoms with Gasteiger partial charge in [0.15, 0.2) is 0 Å². The molecule has 1 unspecified atom stereocenters. The van der Waals surface area contributed by atoms with Gasteiger partial charge >= 0.3 is 0 Å². The van der Waals surface area contributed by atoms with E-state index in [1.54, 1.807) is 0 Å². The van der Waals surface area contributed by atoms with E-state index < -0.39 is 0 Å². The topological polar surface area (TPSA) is 35.2 Å². The molecule has 1 aliphatic heterocycles. The van der Waals surface area contributed by atoms with Crippen molar-refractivity contribution in [3.63, 3.8) is 0 Å². The zero-order valence-corrected chi connectivity index (χ0v) is 13.1. The lowest BCUT2D eigenvalue weighted by atomic mass is 9.97. The molecule has 2 aromatic carbocycles. The number of rotatable bonds is 3. The van der Waals surface area contributed by atoms with Crippen LogP contribution < -0.4 is 10.5 Å². The third kappa shape index (κ3) is 2.74. The van der Waals surface area contributed by atoms with E-state index in [1.807, 2.05) is 0 Å². The molecule has 0 spiro atoms. The van der Waals surface area contributed by atoms with Crippen molar-refractivity contribution >= 4 is 15.9 Å². The lowest BCUT2D eigenvalue weighted by molar-refractivity contribution is 0.352. The summed E-state index contributed by atoms with van der Waals surface area (Å²) in [5.41, 5.74) is 11.3. The van der Waals surface area contributed by atoms with Crippen LogP contribution in [0.1, 0.15) is 28.3 Å². The summed E-state index contributed by atoms with van der Waals surface area (Å²) in [7, 11) is 0. The maximum Gasteiger partial charge on any atom is 0.125 e. The summed E-state index contributed by atoms with van der Waals surface area (Å²) in [5.74, 6) is 1.04. The van der Waals surface area contributed by atoms with Crippen molar-refractivity contribution in [3.05, 3.63) is 63.1 Å². The van der Waals surface area contributed by atoms with E-state index in [0.717, 1.165) is 29.7 Å². The summed E-state index contributed by atoms with van der Waals surface area (Å²) in [6, 6.07) is 12.7. The third-order valence-electron chi connectivity index (χ3n) is 3.77. The summed E-state index contributed by atoms with van der Waals surface area (Å²) in [6.07, 6.45) is 1.78. The van der Waals surface area contributed by atoms with Gasteiger partial charge in [0.2, 0.25) is 0 Å². The van der Waals surface area contributed by atoms with E-state index in [1.165, 1.54) is 22.3 Å². The molecule has 0 bridgehead atoms. The maximum atomic E-state index is 6.35. The average Bonchev–Trinajstić information content (AvgIpc) is 2.87. The van der Waals surface area contributed by atoms with Crippen LogP contribution in [-0.2, 0) is 12.8 Å². The van der Waals surface area contributed by atoms with Gasteiger partial charge in [0.1, 0.15) is 5.75 Å². The van der Waals surface area contributed by atoms with Gasteiger partial charge in [-0.2, -0.15) is 0 Å². The standard InChI is InChI=1S/C17H18BrNO/c1-11-2-4-12(5-3-11)16(19)10-14-9-15(18)8-13-6-7-20-17(13)14/h2-5,8-9,16H,6-7,10,19H2,1H3. The first kappa shape index (κ1) is 13.7. The van der Waals surface area contributed by atoms with Gasteiger partial charge in [-0.1, -0.05) is 45.8 Å². The molecule has 1 atom stereocenters. The largest absolute Gasteiger partial charge is 0.493 e. The fourth-order valence-corrected chi connectivity index (χ4v) is 3.22. The number of halogens is 1. The van der Waals surface area contributed by atoms with Crippen LogP contribution in [0.2, 0.25) is 0 Å². The molecule has 0 amide bonds. The molecule has 0 saturated heterocycles. The second kappa shape index (κ2) is 5.58. The van der Waals surface area contributed by atoms with Gasteiger partial charge in [0, 0.05) is 16.9 Å². The third-order valence-corrected chi connectivity index (χ3v) is 4.23. The Morgan fingerprint density at radius 3 is 2.75 bits per heavy atom. The smallest absolute Gasteiger partial charge is 0.125 e. The van der Waals surface area contributed by atoms with Crippen LogP contribution in [0.4, 0.5) is 0 Å². The second-order valence-electron chi connectivity index (χ2n) is 5.37. The van der Waals surface area contributed by atoms with E-state index in [4.69, 9.17) is 10.5 Å². The first-order chi connectivity index (χ1) is 9.63. The Labute approximate surface area is 128 Å². The van der Waals surface area contributed by atoms with Gasteiger partial charge in [-0.3, -0.25) is 0 Å². The molecule has 2 N–H and O–H groups in total. The summed E-state index contributed by atoms with van der Waals surface area (Å²) < 4.78 is 6.87. The molecule has 2 aromatic rings. The Morgan fingerprint density at radius 1 is 1.25 bits per heavy atom. The van der Waals surface area contributed by atoms with Crippen molar-refractivity contribution in [2.75, 3.05) is 6.61 Å². The Balaban J connectivity index is 1.86. The molecule has 0 saturated carbocycles. The molecule has 1 heterocycles. The highest BCUT2D eigenvalue weighted by molar-refractivity contribution is 9.10. The van der Waals surface area contributed by atoms with Crippen LogP contribution in [0.15, 0.2) is 40.9 Å². The number of benzene rings is 2. The minimum absolute atomic E-state index is 0.00167. The zero-order chi connectivity index (χ0) is 14.1. The normalized spacial score (nSPS) is 14.8. The minimum Gasteiger partial charge on any atom is -0.493 e. The van der Waals surface area contributed by atoms with Crippen LogP contribution in [0, 0.1) is 6.92 Å². The van der Waals surface area contributed by atoms with E-state index in [-0.39, 0.29) is 6.04 Å². The summed E-state index contributed by atoms with van der Waals surface area (Å²) >= 11 is 3.58. The molecule has 3 heteroatoms. The highest BCUT2D eigenvalue weighted by Crippen LogP contribution is 2.35. The Hall–Kier alpha value is -1.32. The summed E-state index contributed by atoms with van der Waals surface area (Å²) in [4.78, 5) is 0. The Kier molecular flexibility index (Phi) is 3.81.